The second-order valence-corrected chi connectivity index (χ2v) is 6.53. The quantitative estimate of drug-likeness (QED) is 0.811. The lowest BCUT2D eigenvalue weighted by Gasteiger charge is -2.22. The van der Waals surface area contributed by atoms with Crippen LogP contribution in [-0.2, 0) is 10.0 Å². The Kier molecular flexibility index (Phi) is 3.51. The van der Waals surface area contributed by atoms with Gasteiger partial charge in [-0.25, -0.2) is 13.2 Å². The average Bonchev–Trinajstić information content (AvgIpc) is 2.75. The number of rotatable bonds is 3. The molecule has 0 aromatic heterocycles. The van der Waals surface area contributed by atoms with Gasteiger partial charge in [0.25, 0.3) is 0 Å². The molecule has 1 fully saturated rings. The van der Waals surface area contributed by atoms with Crippen LogP contribution in [0.5, 0.6) is 0 Å². The normalized spacial score (nSPS) is 20.6. The summed E-state index contributed by atoms with van der Waals surface area (Å²) in [7, 11) is -3.81. The van der Waals surface area contributed by atoms with Crippen molar-refractivity contribution in [1.29, 1.82) is 0 Å². The van der Waals surface area contributed by atoms with Crippen molar-refractivity contribution < 1.29 is 18.3 Å². The van der Waals surface area contributed by atoms with Crippen molar-refractivity contribution in [3.63, 3.8) is 0 Å². The van der Waals surface area contributed by atoms with Gasteiger partial charge in [0.05, 0.1) is 10.5 Å². The number of hydrogen-bond acceptors (Lipinski definition) is 4. The first-order chi connectivity index (χ1) is 8.84. The van der Waals surface area contributed by atoms with Crippen molar-refractivity contribution in [2.75, 3.05) is 12.3 Å². The van der Waals surface area contributed by atoms with Crippen LogP contribution in [0.4, 0.5) is 5.69 Å². The minimum Gasteiger partial charge on any atom is -0.478 e. The van der Waals surface area contributed by atoms with E-state index in [9.17, 15) is 13.2 Å². The van der Waals surface area contributed by atoms with E-state index in [-0.39, 0.29) is 22.2 Å². The molecule has 1 aliphatic heterocycles. The standard InChI is InChI=1S/C12H16N2O4S/c1-8-3-2-6-14(8)19(17,18)11-7-9(13)4-5-10(11)12(15)16/h4-5,7-8H,2-3,6,13H2,1H3,(H,15,16). The molecule has 0 saturated carbocycles. The SMILES string of the molecule is CC1CCCN1S(=O)(=O)c1cc(N)ccc1C(=O)O. The summed E-state index contributed by atoms with van der Waals surface area (Å²) in [6.07, 6.45) is 1.56. The van der Waals surface area contributed by atoms with Gasteiger partial charge >= 0.3 is 5.97 Å². The molecule has 19 heavy (non-hydrogen) atoms. The van der Waals surface area contributed by atoms with E-state index in [1.807, 2.05) is 6.92 Å². The minimum atomic E-state index is -3.81. The second-order valence-electron chi connectivity index (χ2n) is 4.67. The molecule has 1 aromatic rings. The van der Waals surface area contributed by atoms with Gasteiger partial charge in [0.1, 0.15) is 0 Å². The van der Waals surface area contributed by atoms with Crippen LogP contribution in [0.3, 0.4) is 0 Å². The van der Waals surface area contributed by atoms with Gasteiger partial charge in [0, 0.05) is 18.3 Å². The third-order valence-electron chi connectivity index (χ3n) is 3.31. The molecular weight excluding hydrogens is 268 g/mol. The molecule has 104 valence electrons. The first kappa shape index (κ1) is 13.8. The number of nitrogens with zero attached hydrogens (tertiary/aromatic N) is 1. The van der Waals surface area contributed by atoms with E-state index in [0.717, 1.165) is 12.8 Å². The number of aromatic carboxylic acids is 1. The van der Waals surface area contributed by atoms with Crippen LogP contribution >= 0.6 is 0 Å². The maximum atomic E-state index is 12.5. The third-order valence-corrected chi connectivity index (χ3v) is 5.37. The number of nitrogen functional groups attached to an aromatic ring is 1. The molecule has 0 bridgehead atoms. The van der Waals surface area contributed by atoms with E-state index in [1.54, 1.807) is 0 Å². The Balaban J connectivity index is 2.57. The van der Waals surface area contributed by atoms with Crippen molar-refractivity contribution >= 4 is 21.7 Å². The number of hydrogen-bond donors (Lipinski definition) is 2. The summed E-state index contributed by atoms with van der Waals surface area (Å²) >= 11 is 0. The number of sulfonamides is 1. The minimum absolute atomic E-state index is 0.118. The van der Waals surface area contributed by atoms with E-state index in [0.29, 0.717) is 6.54 Å². The number of carboxylic acid groups (broad SMARTS) is 1. The summed E-state index contributed by atoms with van der Waals surface area (Å²) in [5, 5.41) is 9.10. The van der Waals surface area contributed by atoms with Gasteiger partial charge in [0.15, 0.2) is 0 Å². The average molecular weight is 284 g/mol. The van der Waals surface area contributed by atoms with Gasteiger partial charge in [-0.3, -0.25) is 0 Å². The van der Waals surface area contributed by atoms with Crippen molar-refractivity contribution in [3.8, 4) is 0 Å². The summed E-state index contributed by atoms with van der Waals surface area (Å²) < 4.78 is 26.4. The van der Waals surface area contributed by atoms with Crippen LogP contribution in [-0.4, -0.2) is 36.4 Å². The van der Waals surface area contributed by atoms with Crippen LogP contribution in [0.2, 0.25) is 0 Å². The molecule has 0 spiro atoms. The molecule has 6 nitrogen and oxygen atoms in total. The zero-order chi connectivity index (χ0) is 14.2. The molecule has 2 rings (SSSR count). The predicted molar refractivity (Wildman–Crippen MR) is 70.4 cm³/mol. The molecule has 1 aliphatic rings. The maximum absolute atomic E-state index is 12.5. The molecule has 0 amide bonds. The first-order valence-corrected chi connectivity index (χ1v) is 7.42. The maximum Gasteiger partial charge on any atom is 0.337 e. The van der Waals surface area contributed by atoms with Gasteiger partial charge in [-0.15, -0.1) is 0 Å². The summed E-state index contributed by atoms with van der Waals surface area (Å²) in [6, 6.07) is 3.71. The Morgan fingerprint density at radius 2 is 2.16 bits per heavy atom. The lowest BCUT2D eigenvalue weighted by molar-refractivity contribution is 0.0692. The molecule has 3 N–H and O–H groups in total. The molecule has 1 atom stereocenters. The molecule has 1 unspecified atom stereocenters. The zero-order valence-electron chi connectivity index (χ0n) is 10.5. The number of benzene rings is 1. The molecular formula is C12H16N2O4S. The van der Waals surface area contributed by atoms with Crippen LogP contribution < -0.4 is 5.73 Å². The Bertz CT molecular complexity index is 612. The van der Waals surface area contributed by atoms with Crippen molar-refractivity contribution in [3.05, 3.63) is 23.8 Å². The van der Waals surface area contributed by atoms with Gasteiger partial charge in [-0.1, -0.05) is 0 Å². The van der Waals surface area contributed by atoms with Gasteiger partial charge in [0.2, 0.25) is 10.0 Å². The van der Waals surface area contributed by atoms with E-state index in [1.165, 1.54) is 22.5 Å². The molecule has 0 radical (unpaired) electrons. The fraction of sp³-hybridized carbons (Fsp3) is 0.417. The van der Waals surface area contributed by atoms with Gasteiger partial charge < -0.3 is 10.8 Å². The highest BCUT2D eigenvalue weighted by Gasteiger charge is 2.35. The fourth-order valence-corrected chi connectivity index (χ4v) is 4.24. The number of nitrogens with two attached hydrogens (primary N) is 1. The molecule has 1 aromatic carbocycles. The topological polar surface area (TPSA) is 101 Å². The smallest absolute Gasteiger partial charge is 0.337 e. The Labute approximate surface area is 111 Å². The predicted octanol–water partition coefficient (Wildman–Crippen LogP) is 1.14. The molecule has 1 heterocycles. The molecule has 1 saturated heterocycles. The third kappa shape index (κ3) is 2.43. The van der Waals surface area contributed by atoms with Gasteiger partial charge in [-0.2, -0.15) is 4.31 Å². The van der Waals surface area contributed by atoms with Crippen molar-refractivity contribution in [2.45, 2.75) is 30.7 Å². The largest absolute Gasteiger partial charge is 0.478 e. The number of carbonyl (C=O) groups is 1. The fourth-order valence-electron chi connectivity index (χ4n) is 2.32. The highest BCUT2D eigenvalue weighted by molar-refractivity contribution is 7.89. The summed E-state index contributed by atoms with van der Waals surface area (Å²) in [5.41, 5.74) is 5.57. The lowest BCUT2D eigenvalue weighted by Crippen LogP contribution is -2.34. The zero-order valence-corrected chi connectivity index (χ0v) is 11.4. The van der Waals surface area contributed by atoms with Crippen molar-refractivity contribution in [1.82, 2.24) is 4.31 Å². The highest BCUT2D eigenvalue weighted by Crippen LogP contribution is 2.28. The van der Waals surface area contributed by atoms with Crippen LogP contribution in [0.25, 0.3) is 0 Å². The van der Waals surface area contributed by atoms with Crippen LogP contribution in [0, 0.1) is 0 Å². The summed E-state index contributed by atoms with van der Waals surface area (Å²) in [4.78, 5) is 10.9. The Morgan fingerprint density at radius 3 is 2.68 bits per heavy atom. The summed E-state index contributed by atoms with van der Waals surface area (Å²) in [5.74, 6) is -1.27. The molecule has 7 heteroatoms. The summed E-state index contributed by atoms with van der Waals surface area (Å²) in [6.45, 7) is 2.23. The lowest BCUT2D eigenvalue weighted by atomic mass is 10.2. The first-order valence-electron chi connectivity index (χ1n) is 5.98. The number of carboxylic acids is 1. The Morgan fingerprint density at radius 1 is 1.47 bits per heavy atom. The van der Waals surface area contributed by atoms with E-state index >= 15 is 0 Å². The monoisotopic (exact) mass is 284 g/mol. The van der Waals surface area contributed by atoms with E-state index in [2.05, 4.69) is 0 Å². The van der Waals surface area contributed by atoms with Crippen LogP contribution in [0.1, 0.15) is 30.1 Å². The highest BCUT2D eigenvalue weighted by atomic mass is 32.2. The van der Waals surface area contributed by atoms with Crippen LogP contribution in [0.15, 0.2) is 23.1 Å². The number of anilines is 1. The van der Waals surface area contributed by atoms with E-state index < -0.39 is 16.0 Å². The van der Waals surface area contributed by atoms with Crippen molar-refractivity contribution in [2.24, 2.45) is 0 Å². The van der Waals surface area contributed by atoms with E-state index in [4.69, 9.17) is 10.8 Å². The molecule has 0 aliphatic carbocycles. The Hall–Kier alpha value is -1.60. The van der Waals surface area contributed by atoms with Gasteiger partial charge in [-0.05, 0) is 38.0 Å². The second kappa shape index (κ2) is 4.82.